The van der Waals surface area contributed by atoms with E-state index in [0.29, 0.717) is 5.25 Å². The predicted molar refractivity (Wildman–Crippen MR) is 77.6 cm³/mol. The summed E-state index contributed by atoms with van der Waals surface area (Å²) in [5.41, 5.74) is 3.06. The second-order valence-electron chi connectivity index (χ2n) is 4.37. The molecule has 1 aliphatic rings. The average molecular weight is 305 g/mol. The van der Waals surface area contributed by atoms with Gasteiger partial charge in [-0.1, -0.05) is 40.2 Å². The summed E-state index contributed by atoms with van der Waals surface area (Å²) in [4.78, 5) is 1.37. The minimum atomic E-state index is 0.702. The molecular formula is C15H13BrS. The first-order chi connectivity index (χ1) is 8.31. The Kier molecular flexibility index (Phi) is 3.26. The van der Waals surface area contributed by atoms with E-state index in [-0.39, 0.29) is 0 Å². The van der Waals surface area contributed by atoms with Crippen molar-refractivity contribution in [1.29, 1.82) is 0 Å². The van der Waals surface area contributed by atoms with Gasteiger partial charge in [0.05, 0.1) is 0 Å². The van der Waals surface area contributed by atoms with E-state index < -0.39 is 0 Å². The Bertz CT molecular complexity index is 494. The van der Waals surface area contributed by atoms with Crippen LogP contribution in [-0.4, -0.2) is 5.25 Å². The van der Waals surface area contributed by atoms with Gasteiger partial charge in [-0.25, -0.2) is 0 Å². The quantitative estimate of drug-likeness (QED) is 0.774. The van der Waals surface area contributed by atoms with Gasteiger partial charge < -0.3 is 0 Å². The lowest BCUT2D eigenvalue weighted by atomic mass is 10.1. The summed E-state index contributed by atoms with van der Waals surface area (Å²) in [7, 11) is 0. The van der Waals surface area contributed by atoms with Crippen molar-refractivity contribution in [3.05, 3.63) is 64.1 Å². The molecule has 17 heavy (non-hydrogen) atoms. The van der Waals surface area contributed by atoms with Crippen molar-refractivity contribution in [2.45, 2.75) is 23.0 Å². The van der Waals surface area contributed by atoms with Crippen molar-refractivity contribution in [1.82, 2.24) is 0 Å². The number of thioether (sulfide) groups is 1. The lowest BCUT2D eigenvalue weighted by Gasteiger charge is -2.08. The van der Waals surface area contributed by atoms with Crippen LogP contribution in [-0.2, 0) is 12.8 Å². The third-order valence-corrected chi connectivity index (χ3v) is 4.87. The van der Waals surface area contributed by atoms with Gasteiger partial charge in [0.1, 0.15) is 0 Å². The number of rotatable bonds is 2. The summed E-state index contributed by atoms with van der Waals surface area (Å²) in [5, 5.41) is 0.702. The number of benzene rings is 2. The van der Waals surface area contributed by atoms with E-state index in [4.69, 9.17) is 0 Å². The van der Waals surface area contributed by atoms with Gasteiger partial charge in [-0.15, -0.1) is 11.8 Å². The first-order valence-corrected chi connectivity index (χ1v) is 7.47. The summed E-state index contributed by atoms with van der Waals surface area (Å²) in [6.45, 7) is 0. The highest BCUT2D eigenvalue weighted by Gasteiger charge is 2.21. The van der Waals surface area contributed by atoms with E-state index >= 15 is 0 Å². The third-order valence-electron chi connectivity index (χ3n) is 3.13. The number of hydrogen-bond donors (Lipinski definition) is 0. The Labute approximate surface area is 115 Å². The van der Waals surface area contributed by atoms with Crippen LogP contribution in [0.15, 0.2) is 57.9 Å². The second-order valence-corrected chi connectivity index (χ2v) is 6.66. The first-order valence-electron chi connectivity index (χ1n) is 5.80. The molecule has 0 radical (unpaired) electrons. The lowest BCUT2D eigenvalue weighted by Crippen LogP contribution is -2.00. The summed E-state index contributed by atoms with van der Waals surface area (Å²) < 4.78 is 1.15. The van der Waals surface area contributed by atoms with Crippen LogP contribution in [0, 0.1) is 0 Å². The largest absolute Gasteiger partial charge is 0.122 e. The molecule has 0 atom stereocenters. The molecule has 0 saturated heterocycles. The Hall–Kier alpha value is -0.730. The fraction of sp³-hybridized carbons (Fsp3) is 0.200. The molecule has 0 aliphatic heterocycles. The van der Waals surface area contributed by atoms with Crippen LogP contribution in [0.4, 0.5) is 0 Å². The summed E-state index contributed by atoms with van der Waals surface area (Å²) in [6, 6.07) is 17.4. The number of hydrogen-bond acceptors (Lipinski definition) is 1. The molecule has 0 bridgehead atoms. The van der Waals surface area contributed by atoms with Crippen molar-refractivity contribution >= 4 is 27.7 Å². The van der Waals surface area contributed by atoms with E-state index in [0.717, 1.165) is 4.47 Å². The standard InChI is InChI=1S/C15H13BrS/c16-13-5-7-14(8-6-13)17-15-9-11-3-1-2-4-12(11)10-15/h1-8,15H,9-10H2. The van der Waals surface area contributed by atoms with Gasteiger partial charge in [-0.2, -0.15) is 0 Å². The molecule has 0 spiro atoms. The van der Waals surface area contributed by atoms with E-state index in [1.807, 2.05) is 11.8 Å². The highest BCUT2D eigenvalue weighted by molar-refractivity contribution is 9.10. The zero-order valence-corrected chi connectivity index (χ0v) is 11.8. The van der Waals surface area contributed by atoms with Crippen LogP contribution in [0.3, 0.4) is 0 Å². The monoisotopic (exact) mass is 304 g/mol. The molecule has 2 heteroatoms. The van der Waals surface area contributed by atoms with Crippen LogP contribution in [0.2, 0.25) is 0 Å². The van der Waals surface area contributed by atoms with Gasteiger partial charge >= 0.3 is 0 Å². The van der Waals surface area contributed by atoms with Crippen LogP contribution in [0.5, 0.6) is 0 Å². The van der Waals surface area contributed by atoms with Crippen molar-refractivity contribution in [3.8, 4) is 0 Å². The van der Waals surface area contributed by atoms with E-state index in [1.54, 1.807) is 0 Å². The molecule has 3 rings (SSSR count). The molecular weight excluding hydrogens is 292 g/mol. The smallest absolute Gasteiger partial charge is 0.0176 e. The van der Waals surface area contributed by atoms with Crippen LogP contribution < -0.4 is 0 Å². The van der Waals surface area contributed by atoms with Crippen LogP contribution in [0.25, 0.3) is 0 Å². The Morgan fingerprint density at radius 1 is 0.882 bits per heavy atom. The van der Waals surface area contributed by atoms with Gasteiger partial charge in [0.25, 0.3) is 0 Å². The Balaban J connectivity index is 1.71. The van der Waals surface area contributed by atoms with E-state index in [2.05, 4.69) is 64.5 Å². The molecule has 0 heterocycles. The summed E-state index contributed by atoms with van der Waals surface area (Å²) in [5.74, 6) is 0. The molecule has 0 aromatic heterocycles. The predicted octanol–water partition coefficient (Wildman–Crippen LogP) is 4.71. The highest BCUT2D eigenvalue weighted by atomic mass is 79.9. The number of fused-ring (bicyclic) bond motifs is 1. The maximum atomic E-state index is 3.47. The topological polar surface area (TPSA) is 0 Å². The molecule has 86 valence electrons. The molecule has 0 nitrogen and oxygen atoms in total. The highest BCUT2D eigenvalue weighted by Crippen LogP contribution is 2.34. The van der Waals surface area contributed by atoms with Crippen molar-refractivity contribution in [2.75, 3.05) is 0 Å². The van der Waals surface area contributed by atoms with E-state index in [9.17, 15) is 0 Å². The van der Waals surface area contributed by atoms with Gasteiger partial charge in [-0.3, -0.25) is 0 Å². The molecule has 0 amide bonds. The summed E-state index contributed by atoms with van der Waals surface area (Å²) in [6.07, 6.45) is 2.41. The van der Waals surface area contributed by atoms with Gasteiger partial charge in [-0.05, 0) is 48.2 Å². The maximum absolute atomic E-state index is 3.47. The minimum absolute atomic E-state index is 0.702. The van der Waals surface area contributed by atoms with E-state index in [1.165, 1.54) is 28.9 Å². The first kappa shape index (κ1) is 11.4. The van der Waals surface area contributed by atoms with Crippen molar-refractivity contribution < 1.29 is 0 Å². The zero-order chi connectivity index (χ0) is 11.7. The normalized spacial score (nSPS) is 14.9. The maximum Gasteiger partial charge on any atom is 0.0176 e. The fourth-order valence-electron chi connectivity index (χ4n) is 2.31. The van der Waals surface area contributed by atoms with Crippen molar-refractivity contribution in [2.24, 2.45) is 0 Å². The second kappa shape index (κ2) is 4.87. The van der Waals surface area contributed by atoms with Gasteiger partial charge in [0, 0.05) is 14.6 Å². The Morgan fingerprint density at radius 3 is 2.06 bits per heavy atom. The van der Waals surface area contributed by atoms with Crippen LogP contribution in [0.1, 0.15) is 11.1 Å². The van der Waals surface area contributed by atoms with Gasteiger partial charge in [0.2, 0.25) is 0 Å². The molecule has 0 N–H and O–H groups in total. The van der Waals surface area contributed by atoms with Crippen LogP contribution >= 0.6 is 27.7 Å². The lowest BCUT2D eigenvalue weighted by molar-refractivity contribution is 0.934. The summed E-state index contributed by atoms with van der Waals surface area (Å²) >= 11 is 5.47. The molecule has 0 saturated carbocycles. The molecule has 2 aromatic carbocycles. The van der Waals surface area contributed by atoms with Crippen molar-refractivity contribution in [3.63, 3.8) is 0 Å². The number of halogens is 1. The molecule has 2 aromatic rings. The Morgan fingerprint density at radius 2 is 1.47 bits per heavy atom. The average Bonchev–Trinajstić information content (AvgIpc) is 2.74. The van der Waals surface area contributed by atoms with Gasteiger partial charge in [0.15, 0.2) is 0 Å². The molecule has 1 aliphatic carbocycles. The third kappa shape index (κ3) is 2.58. The molecule has 0 unspecified atom stereocenters. The fourth-order valence-corrected chi connectivity index (χ4v) is 3.78. The SMILES string of the molecule is Brc1ccc(SC2Cc3ccccc3C2)cc1. The minimum Gasteiger partial charge on any atom is -0.122 e. The zero-order valence-electron chi connectivity index (χ0n) is 9.40. The molecule has 0 fully saturated rings.